The largest absolute Gasteiger partial charge is 0.394 e. The van der Waals surface area contributed by atoms with Gasteiger partial charge < -0.3 is 25.4 Å². The van der Waals surface area contributed by atoms with Crippen LogP contribution in [0.1, 0.15) is 35.6 Å². The average Bonchev–Trinajstić information content (AvgIpc) is 3.03. The number of aliphatic hydroxyl groups excluding tert-OH is 3. The zero-order chi connectivity index (χ0) is 14.7. The standard InChI is InChI=1S/C11H18N4O5/c1-2-3-12-11(19)7-6(13-15-14-7)10-9(18)8(17)5(4-16)20-10/h5,8-10,16-18H,2-4H2,1H3,(H,12,19)(H,13,14,15)/t5-,8-,9-,10+/m1/s1. The van der Waals surface area contributed by atoms with Crippen molar-refractivity contribution in [2.75, 3.05) is 13.2 Å². The van der Waals surface area contributed by atoms with E-state index in [-0.39, 0.29) is 11.4 Å². The Morgan fingerprint density at radius 2 is 2.15 bits per heavy atom. The number of hydrogen-bond donors (Lipinski definition) is 5. The van der Waals surface area contributed by atoms with Crippen molar-refractivity contribution in [1.29, 1.82) is 0 Å². The minimum absolute atomic E-state index is 0.00768. The van der Waals surface area contributed by atoms with Crippen LogP contribution in [-0.2, 0) is 4.74 Å². The Morgan fingerprint density at radius 3 is 2.75 bits per heavy atom. The lowest BCUT2D eigenvalue weighted by molar-refractivity contribution is -0.0241. The molecule has 9 heteroatoms. The van der Waals surface area contributed by atoms with E-state index in [0.29, 0.717) is 6.54 Å². The molecule has 1 fully saturated rings. The van der Waals surface area contributed by atoms with Gasteiger partial charge in [-0.15, -0.1) is 0 Å². The van der Waals surface area contributed by atoms with Crippen LogP contribution in [0.5, 0.6) is 0 Å². The molecule has 0 unspecified atom stereocenters. The van der Waals surface area contributed by atoms with Gasteiger partial charge in [0, 0.05) is 6.54 Å². The second-order valence-corrected chi connectivity index (χ2v) is 4.57. The van der Waals surface area contributed by atoms with Crippen LogP contribution in [0.25, 0.3) is 0 Å². The Kier molecular flexibility index (Phi) is 4.65. The molecule has 1 aliphatic heterocycles. The summed E-state index contributed by atoms with van der Waals surface area (Å²) in [6.07, 6.45) is -3.68. The molecule has 1 amide bonds. The number of nitrogens with one attached hydrogen (secondary N) is 2. The predicted molar refractivity (Wildman–Crippen MR) is 65.7 cm³/mol. The maximum Gasteiger partial charge on any atom is 0.273 e. The zero-order valence-corrected chi connectivity index (χ0v) is 11.0. The van der Waals surface area contributed by atoms with Gasteiger partial charge in [0.15, 0.2) is 5.69 Å². The van der Waals surface area contributed by atoms with Crippen LogP contribution in [0.4, 0.5) is 0 Å². The highest BCUT2D eigenvalue weighted by Gasteiger charge is 2.45. The molecule has 0 spiro atoms. The molecular weight excluding hydrogens is 268 g/mol. The molecule has 2 heterocycles. The SMILES string of the molecule is CCCNC(=O)c1n[nH]nc1[C@@H]1O[C@H](CO)[C@@H](O)[C@H]1O. The van der Waals surface area contributed by atoms with Gasteiger partial charge in [-0.25, -0.2) is 0 Å². The van der Waals surface area contributed by atoms with Crippen LogP contribution in [-0.4, -0.2) is 68.1 Å². The van der Waals surface area contributed by atoms with Crippen molar-refractivity contribution in [3.8, 4) is 0 Å². The van der Waals surface area contributed by atoms with Gasteiger partial charge in [-0.2, -0.15) is 15.4 Å². The molecule has 1 saturated heterocycles. The lowest BCUT2D eigenvalue weighted by atomic mass is 10.0. The van der Waals surface area contributed by atoms with E-state index in [1.54, 1.807) is 0 Å². The zero-order valence-electron chi connectivity index (χ0n) is 11.0. The van der Waals surface area contributed by atoms with E-state index in [4.69, 9.17) is 9.84 Å². The number of nitrogens with zero attached hydrogens (tertiary/aromatic N) is 2. The number of carbonyl (C=O) groups is 1. The van der Waals surface area contributed by atoms with Crippen molar-refractivity contribution < 1.29 is 24.9 Å². The number of amides is 1. The molecule has 0 saturated carbocycles. The summed E-state index contributed by atoms with van der Waals surface area (Å²) in [5, 5.41) is 41.2. The summed E-state index contributed by atoms with van der Waals surface area (Å²) in [5.74, 6) is -0.437. The van der Waals surface area contributed by atoms with Gasteiger partial charge in [0.05, 0.1) is 6.61 Å². The molecule has 20 heavy (non-hydrogen) atoms. The van der Waals surface area contributed by atoms with Crippen LogP contribution < -0.4 is 5.32 Å². The topological polar surface area (TPSA) is 141 Å². The van der Waals surface area contributed by atoms with Crippen LogP contribution in [0, 0.1) is 0 Å². The summed E-state index contributed by atoms with van der Waals surface area (Å²) in [6, 6.07) is 0. The number of carbonyl (C=O) groups excluding carboxylic acids is 1. The van der Waals surface area contributed by atoms with E-state index in [0.717, 1.165) is 6.42 Å². The summed E-state index contributed by atoms with van der Waals surface area (Å²) >= 11 is 0. The molecule has 1 aromatic heterocycles. The maximum atomic E-state index is 11.9. The average molecular weight is 286 g/mol. The first-order valence-electron chi connectivity index (χ1n) is 6.41. The fourth-order valence-corrected chi connectivity index (χ4v) is 2.05. The van der Waals surface area contributed by atoms with Gasteiger partial charge in [-0.3, -0.25) is 4.79 Å². The molecule has 0 aromatic carbocycles. The number of H-pyrrole nitrogens is 1. The Bertz CT molecular complexity index is 465. The highest BCUT2D eigenvalue weighted by molar-refractivity contribution is 5.93. The highest BCUT2D eigenvalue weighted by atomic mass is 16.6. The van der Waals surface area contributed by atoms with E-state index in [2.05, 4.69) is 20.7 Å². The third-order valence-electron chi connectivity index (χ3n) is 3.14. The molecule has 0 aliphatic carbocycles. The summed E-state index contributed by atoms with van der Waals surface area (Å²) in [7, 11) is 0. The number of hydrogen-bond acceptors (Lipinski definition) is 7. The fourth-order valence-electron chi connectivity index (χ4n) is 2.05. The van der Waals surface area contributed by atoms with Crippen molar-refractivity contribution in [3.63, 3.8) is 0 Å². The molecule has 4 atom stereocenters. The molecule has 1 aromatic rings. The van der Waals surface area contributed by atoms with Crippen molar-refractivity contribution >= 4 is 5.91 Å². The first-order valence-corrected chi connectivity index (χ1v) is 6.41. The number of aliphatic hydroxyl groups is 3. The molecule has 1 aliphatic rings. The summed E-state index contributed by atoms with van der Waals surface area (Å²) < 4.78 is 5.32. The number of aromatic amines is 1. The number of ether oxygens (including phenoxy) is 1. The molecule has 0 radical (unpaired) electrons. The van der Waals surface area contributed by atoms with E-state index in [1.165, 1.54) is 0 Å². The van der Waals surface area contributed by atoms with E-state index < -0.39 is 36.9 Å². The second kappa shape index (κ2) is 6.27. The van der Waals surface area contributed by atoms with Crippen LogP contribution >= 0.6 is 0 Å². The lowest BCUT2D eigenvalue weighted by Gasteiger charge is -2.12. The third kappa shape index (κ3) is 2.66. The van der Waals surface area contributed by atoms with E-state index >= 15 is 0 Å². The smallest absolute Gasteiger partial charge is 0.273 e. The van der Waals surface area contributed by atoms with Gasteiger partial charge >= 0.3 is 0 Å². The normalized spacial score (nSPS) is 29.6. The van der Waals surface area contributed by atoms with E-state index in [9.17, 15) is 15.0 Å². The van der Waals surface area contributed by atoms with Crippen LogP contribution in [0.2, 0.25) is 0 Å². The second-order valence-electron chi connectivity index (χ2n) is 4.57. The van der Waals surface area contributed by atoms with Crippen LogP contribution in [0.3, 0.4) is 0 Å². The monoisotopic (exact) mass is 286 g/mol. The summed E-state index contributed by atoms with van der Waals surface area (Å²) in [6.45, 7) is 1.96. The number of rotatable bonds is 5. The van der Waals surface area contributed by atoms with Gasteiger partial charge in [-0.1, -0.05) is 6.92 Å². The summed E-state index contributed by atoms with van der Waals surface area (Å²) in [4.78, 5) is 11.9. The number of aromatic nitrogens is 3. The van der Waals surface area contributed by atoms with Crippen molar-refractivity contribution in [1.82, 2.24) is 20.7 Å². The minimum Gasteiger partial charge on any atom is -0.394 e. The van der Waals surface area contributed by atoms with E-state index in [1.807, 2.05) is 6.92 Å². The molecule has 2 rings (SSSR count). The molecular formula is C11H18N4O5. The third-order valence-corrected chi connectivity index (χ3v) is 3.14. The van der Waals surface area contributed by atoms with Crippen molar-refractivity contribution in [2.45, 2.75) is 37.8 Å². The van der Waals surface area contributed by atoms with Gasteiger partial charge in [-0.05, 0) is 6.42 Å². The van der Waals surface area contributed by atoms with Crippen molar-refractivity contribution in [3.05, 3.63) is 11.4 Å². The van der Waals surface area contributed by atoms with Crippen molar-refractivity contribution in [2.24, 2.45) is 0 Å². The molecule has 5 N–H and O–H groups in total. The molecule has 0 bridgehead atoms. The highest BCUT2D eigenvalue weighted by Crippen LogP contribution is 2.33. The molecule has 112 valence electrons. The Balaban J connectivity index is 2.18. The Morgan fingerprint density at radius 1 is 1.40 bits per heavy atom. The fraction of sp³-hybridized carbons (Fsp3) is 0.727. The Labute approximate surface area is 115 Å². The molecule has 9 nitrogen and oxygen atoms in total. The minimum atomic E-state index is -1.28. The maximum absolute atomic E-state index is 11.9. The quantitative estimate of drug-likeness (QED) is 0.425. The van der Waals surface area contributed by atoms with Gasteiger partial charge in [0.1, 0.15) is 30.1 Å². The van der Waals surface area contributed by atoms with Gasteiger partial charge in [0.2, 0.25) is 0 Å². The predicted octanol–water partition coefficient (Wildman–Crippen LogP) is -1.90. The first kappa shape index (κ1) is 14.9. The summed E-state index contributed by atoms with van der Waals surface area (Å²) in [5.41, 5.74) is 0.120. The van der Waals surface area contributed by atoms with Gasteiger partial charge in [0.25, 0.3) is 5.91 Å². The first-order chi connectivity index (χ1) is 9.60. The van der Waals surface area contributed by atoms with Crippen LogP contribution in [0.15, 0.2) is 0 Å². The lowest BCUT2D eigenvalue weighted by Crippen LogP contribution is -2.32. The Hall–Kier alpha value is -1.55.